The monoisotopic (exact) mass is 128 g/mol. The average Bonchev–Trinajstić information content (AvgIpc) is 1.68. The topological polar surface area (TPSA) is 40.5 Å². The molecule has 9 heavy (non-hydrogen) atoms. The van der Waals surface area contributed by atoms with Crippen molar-refractivity contribution in [2.24, 2.45) is 0 Å². The summed E-state index contributed by atoms with van der Waals surface area (Å²) in [5, 5.41) is 15.7. The molecule has 0 rings (SSSR count). The van der Waals surface area contributed by atoms with Crippen molar-refractivity contribution in [1.82, 2.24) is 0 Å². The first-order valence-electron chi connectivity index (χ1n) is 2.35. The van der Waals surface area contributed by atoms with Gasteiger partial charge in [-0.1, -0.05) is 19.7 Å². The highest BCUT2D eigenvalue weighted by atomic mass is 16.3. The smallest absolute Gasteiger partial charge is 0.110 e. The molecule has 0 saturated heterocycles. The van der Waals surface area contributed by atoms with E-state index in [9.17, 15) is 0 Å². The molecule has 52 valence electrons. The molecule has 0 aliphatic heterocycles. The summed E-state index contributed by atoms with van der Waals surface area (Å²) >= 11 is 0. The Morgan fingerprint density at radius 3 is 1.56 bits per heavy atom. The van der Waals surface area contributed by atoms with E-state index in [1.165, 1.54) is 0 Å². The van der Waals surface area contributed by atoms with Crippen LogP contribution in [0.15, 0.2) is 37.3 Å². The Labute approximate surface area is 55.5 Å². The third-order valence-corrected chi connectivity index (χ3v) is 0.493. The van der Waals surface area contributed by atoms with Crippen molar-refractivity contribution < 1.29 is 10.2 Å². The van der Waals surface area contributed by atoms with Gasteiger partial charge in [0.1, 0.15) is 5.76 Å². The van der Waals surface area contributed by atoms with Gasteiger partial charge in [-0.2, -0.15) is 0 Å². The Balaban J connectivity index is 0. The molecule has 0 heterocycles. The van der Waals surface area contributed by atoms with Gasteiger partial charge in [0, 0.05) is 0 Å². The summed E-state index contributed by atoms with van der Waals surface area (Å²) in [7, 11) is 0. The summed E-state index contributed by atoms with van der Waals surface area (Å²) in [6.07, 6.45) is 0.750. The van der Waals surface area contributed by atoms with Gasteiger partial charge in [-0.15, -0.1) is 0 Å². The zero-order chi connectivity index (χ0) is 7.86. The van der Waals surface area contributed by atoms with E-state index in [1.54, 1.807) is 6.92 Å². The molecule has 0 spiro atoms. The number of hydrogen-bond donors (Lipinski definition) is 2. The third-order valence-electron chi connectivity index (χ3n) is 0.493. The first-order chi connectivity index (χ1) is 4.06. The SMILES string of the molecule is C=C(C)C(=C)O.C=CO. The molecule has 2 nitrogen and oxygen atoms in total. The Hall–Kier alpha value is -1.18. The zero-order valence-electron chi connectivity index (χ0n) is 5.59. The van der Waals surface area contributed by atoms with E-state index in [2.05, 4.69) is 19.7 Å². The standard InChI is InChI=1S/C5H8O.C2H4O/c1-4(2)5(3)6;1-2-3/h6H,1,3H2,2H3;2-3H,1H2. The normalized spacial score (nSPS) is 6.33. The maximum absolute atomic E-state index is 8.34. The van der Waals surface area contributed by atoms with Crippen molar-refractivity contribution >= 4 is 0 Å². The van der Waals surface area contributed by atoms with Crippen LogP contribution in [0, 0.1) is 0 Å². The number of aliphatic hydroxyl groups excluding tert-OH is 2. The molecule has 2 heteroatoms. The van der Waals surface area contributed by atoms with Crippen molar-refractivity contribution in [1.29, 1.82) is 0 Å². The predicted octanol–water partition coefficient (Wildman–Crippen LogP) is 2.32. The summed E-state index contributed by atoms with van der Waals surface area (Å²) < 4.78 is 0. The summed E-state index contributed by atoms with van der Waals surface area (Å²) in [5.41, 5.74) is 0.620. The van der Waals surface area contributed by atoms with Gasteiger partial charge in [-0.3, -0.25) is 0 Å². The Bertz CT molecular complexity index is 102. The predicted molar refractivity (Wildman–Crippen MR) is 39.4 cm³/mol. The minimum absolute atomic E-state index is 0.0648. The molecule has 0 radical (unpaired) electrons. The van der Waals surface area contributed by atoms with Gasteiger partial charge in [-0.25, -0.2) is 0 Å². The zero-order valence-corrected chi connectivity index (χ0v) is 5.59. The first-order valence-corrected chi connectivity index (χ1v) is 2.35. The maximum Gasteiger partial charge on any atom is 0.110 e. The van der Waals surface area contributed by atoms with Crippen LogP contribution in [0.3, 0.4) is 0 Å². The number of allylic oxidation sites excluding steroid dienone is 1. The second-order valence-electron chi connectivity index (χ2n) is 1.41. The number of aliphatic hydroxyl groups is 2. The lowest BCUT2D eigenvalue weighted by Crippen LogP contribution is -1.73. The minimum atomic E-state index is 0.0648. The van der Waals surface area contributed by atoms with Gasteiger partial charge in [0.05, 0.1) is 6.26 Å². The van der Waals surface area contributed by atoms with E-state index in [4.69, 9.17) is 10.2 Å². The molecule has 0 aromatic rings. The van der Waals surface area contributed by atoms with E-state index in [-0.39, 0.29) is 5.76 Å². The lowest BCUT2D eigenvalue weighted by atomic mass is 10.3. The van der Waals surface area contributed by atoms with Crippen molar-refractivity contribution in [3.8, 4) is 0 Å². The quantitative estimate of drug-likeness (QED) is 0.420. The highest BCUT2D eigenvalue weighted by Crippen LogP contribution is 1.94. The number of rotatable bonds is 1. The van der Waals surface area contributed by atoms with Crippen molar-refractivity contribution in [3.63, 3.8) is 0 Å². The van der Waals surface area contributed by atoms with Gasteiger partial charge in [0.2, 0.25) is 0 Å². The molecule has 0 fully saturated rings. The van der Waals surface area contributed by atoms with Gasteiger partial charge >= 0.3 is 0 Å². The van der Waals surface area contributed by atoms with Crippen LogP contribution < -0.4 is 0 Å². The molecule has 0 bridgehead atoms. The van der Waals surface area contributed by atoms with Crippen LogP contribution in [0.25, 0.3) is 0 Å². The van der Waals surface area contributed by atoms with Crippen molar-refractivity contribution in [2.75, 3.05) is 0 Å². The fraction of sp³-hybridized carbons (Fsp3) is 0.143. The highest BCUT2D eigenvalue weighted by Gasteiger charge is 1.80. The highest BCUT2D eigenvalue weighted by molar-refractivity contribution is 5.13. The summed E-state index contributed by atoms with van der Waals surface area (Å²) in [6.45, 7) is 11.2. The molecule has 0 amide bonds. The van der Waals surface area contributed by atoms with Crippen LogP contribution in [0.5, 0.6) is 0 Å². The Kier molecular flexibility index (Phi) is 8.14. The fourth-order valence-electron chi connectivity index (χ4n) is 0. The van der Waals surface area contributed by atoms with E-state index < -0.39 is 0 Å². The summed E-state index contributed by atoms with van der Waals surface area (Å²) in [4.78, 5) is 0. The van der Waals surface area contributed by atoms with Gasteiger partial charge in [0.15, 0.2) is 0 Å². The molecule has 0 aliphatic rings. The minimum Gasteiger partial charge on any atom is -0.516 e. The summed E-state index contributed by atoms with van der Waals surface area (Å²) in [6, 6.07) is 0. The second-order valence-corrected chi connectivity index (χ2v) is 1.41. The van der Waals surface area contributed by atoms with Gasteiger partial charge in [0.25, 0.3) is 0 Å². The molecule has 2 N–H and O–H groups in total. The average molecular weight is 128 g/mol. The summed E-state index contributed by atoms with van der Waals surface area (Å²) in [5.74, 6) is 0.0648. The molecule has 0 atom stereocenters. The lowest BCUT2D eigenvalue weighted by Gasteiger charge is -1.87. The molecular weight excluding hydrogens is 116 g/mol. The Morgan fingerprint density at radius 1 is 1.44 bits per heavy atom. The van der Waals surface area contributed by atoms with Gasteiger partial charge < -0.3 is 10.2 Å². The van der Waals surface area contributed by atoms with Crippen molar-refractivity contribution in [2.45, 2.75) is 6.92 Å². The van der Waals surface area contributed by atoms with E-state index in [1.807, 2.05) is 0 Å². The van der Waals surface area contributed by atoms with E-state index in [0.717, 1.165) is 6.26 Å². The Morgan fingerprint density at radius 2 is 1.56 bits per heavy atom. The first kappa shape index (κ1) is 10.7. The molecule has 0 aliphatic carbocycles. The van der Waals surface area contributed by atoms with Crippen LogP contribution in [-0.2, 0) is 0 Å². The van der Waals surface area contributed by atoms with Crippen LogP contribution in [0.4, 0.5) is 0 Å². The van der Waals surface area contributed by atoms with Crippen LogP contribution >= 0.6 is 0 Å². The lowest BCUT2D eigenvalue weighted by molar-refractivity contribution is 0.427. The van der Waals surface area contributed by atoms with Crippen LogP contribution in [0.2, 0.25) is 0 Å². The molecule has 0 saturated carbocycles. The molecule has 0 aromatic heterocycles. The number of hydrogen-bond acceptors (Lipinski definition) is 2. The fourth-order valence-corrected chi connectivity index (χ4v) is 0. The maximum atomic E-state index is 8.34. The second kappa shape index (κ2) is 6.82. The van der Waals surface area contributed by atoms with Crippen molar-refractivity contribution in [3.05, 3.63) is 37.3 Å². The molecule has 0 aromatic carbocycles. The van der Waals surface area contributed by atoms with E-state index >= 15 is 0 Å². The van der Waals surface area contributed by atoms with Crippen LogP contribution in [-0.4, -0.2) is 10.2 Å². The largest absolute Gasteiger partial charge is 0.516 e. The van der Waals surface area contributed by atoms with Crippen LogP contribution in [0.1, 0.15) is 6.92 Å². The third kappa shape index (κ3) is 19.9. The van der Waals surface area contributed by atoms with E-state index in [0.29, 0.717) is 5.57 Å². The molecular formula is C7H12O2. The van der Waals surface area contributed by atoms with Gasteiger partial charge in [-0.05, 0) is 12.5 Å². The molecule has 0 unspecified atom stereocenters.